The van der Waals surface area contributed by atoms with E-state index in [0.717, 1.165) is 23.6 Å². The van der Waals surface area contributed by atoms with Gasteiger partial charge in [-0.3, -0.25) is 15.1 Å². The third kappa shape index (κ3) is 3.59. The van der Waals surface area contributed by atoms with Gasteiger partial charge in [0.15, 0.2) is 9.84 Å². The normalized spacial score (nSPS) is 11.2. The smallest absolute Gasteiger partial charge is 0.270 e. The van der Waals surface area contributed by atoms with E-state index in [1.807, 2.05) is 19.1 Å². The Kier molecular flexibility index (Phi) is 4.41. The summed E-state index contributed by atoms with van der Waals surface area (Å²) in [5.41, 5.74) is 1.80. The van der Waals surface area contributed by atoms with Crippen LogP contribution < -0.4 is 5.32 Å². The van der Waals surface area contributed by atoms with Gasteiger partial charge in [0.2, 0.25) is 0 Å². The fraction of sp³-hybridized carbons (Fsp3) is 0.214. The van der Waals surface area contributed by atoms with Crippen LogP contribution in [0.1, 0.15) is 11.3 Å². The van der Waals surface area contributed by atoms with Gasteiger partial charge in [-0.15, -0.1) is 0 Å². The largest absolute Gasteiger partial charge is 0.378 e. The predicted molar refractivity (Wildman–Crippen MR) is 82.5 cm³/mol. The first-order chi connectivity index (χ1) is 10.3. The summed E-state index contributed by atoms with van der Waals surface area (Å²) in [5.74, 6) is 0. The van der Waals surface area contributed by atoms with Gasteiger partial charge in [0.05, 0.1) is 27.7 Å². The van der Waals surface area contributed by atoms with Crippen LogP contribution in [0.2, 0.25) is 0 Å². The molecule has 1 heterocycles. The summed E-state index contributed by atoms with van der Waals surface area (Å²) in [5, 5.41) is 13.8. The van der Waals surface area contributed by atoms with Gasteiger partial charge in [-0.2, -0.15) is 0 Å². The molecule has 22 heavy (non-hydrogen) atoms. The number of hydrogen-bond acceptors (Lipinski definition) is 6. The summed E-state index contributed by atoms with van der Waals surface area (Å²) < 4.78 is 23.7. The number of nitro benzene ring substituents is 1. The van der Waals surface area contributed by atoms with Crippen molar-refractivity contribution < 1.29 is 13.3 Å². The quantitative estimate of drug-likeness (QED) is 0.669. The van der Waals surface area contributed by atoms with E-state index in [-0.39, 0.29) is 10.6 Å². The number of sulfone groups is 1. The average Bonchev–Trinajstić information content (AvgIpc) is 2.45. The predicted octanol–water partition coefficient (Wildman–Crippen LogP) is 2.31. The number of hydrogen-bond donors (Lipinski definition) is 1. The number of nitrogens with zero attached hydrogens (tertiary/aromatic N) is 2. The van der Waals surface area contributed by atoms with Crippen molar-refractivity contribution in [2.24, 2.45) is 0 Å². The van der Waals surface area contributed by atoms with Gasteiger partial charge in [-0.1, -0.05) is 6.07 Å². The Morgan fingerprint density at radius 3 is 2.64 bits per heavy atom. The van der Waals surface area contributed by atoms with Crippen molar-refractivity contribution in [1.82, 2.24) is 4.98 Å². The van der Waals surface area contributed by atoms with Crippen LogP contribution in [0.25, 0.3) is 0 Å². The van der Waals surface area contributed by atoms with E-state index >= 15 is 0 Å². The molecular weight excluding hydrogens is 306 g/mol. The van der Waals surface area contributed by atoms with E-state index < -0.39 is 14.8 Å². The first kappa shape index (κ1) is 15.9. The monoisotopic (exact) mass is 321 g/mol. The molecular formula is C14H15N3O4S. The van der Waals surface area contributed by atoms with Crippen molar-refractivity contribution in [2.75, 3.05) is 11.6 Å². The molecule has 116 valence electrons. The number of pyridine rings is 1. The van der Waals surface area contributed by atoms with Crippen molar-refractivity contribution in [3.05, 3.63) is 57.9 Å². The Bertz CT molecular complexity index is 819. The molecule has 0 aliphatic carbocycles. The van der Waals surface area contributed by atoms with Gasteiger partial charge in [-0.05, 0) is 24.6 Å². The molecule has 2 rings (SSSR count). The van der Waals surface area contributed by atoms with Crippen molar-refractivity contribution >= 4 is 21.2 Å². The molecule has 1 N–H and O–H groups in total. The number of aryl methyl sites for hydroxylation is 1. The molecule has 1 aromatic carbocycles. The van der Waals surface area contributed by atoms with Gasteiger partial charge in [0.25, 0.3) is 5.69 Å². The number of benzene rings is 1. The van der Waals surface area contributed by atoms with Crippen molar-refractivity contribution in [1.29, 1.82) is 0 Å². The lowest BCUT2D eigenvalue weighted by atomic mass is 10.2. The zero-order chi connectivity index (χ0) is 16.3. The molecule has 0 saturated heterocycles. The molecule has 0 bridgehead atoms. The van der Waals surface area contributed by atoms with Crippen LogP contribution in [0, 0.1) is 17.0 Å². The van der Waals surface area contributed by atoms with E-state index in [0.29, 0.717) is 12.2 Å². The number of anilines is 1. The summed E-state index contributed by atoms with van der Waals surface area (Å²) in [6.45, 7) is 2.23. The Hall–Kier alpha value is -2.48. The van der Waals surface area contributed by atoms with Crippen LogP contribution in [-0.2, 0) is 16.4 Å². The van der Waals surface area contributed by atoms with E-state index in [1.54, 1.807) is 6.20 Å². The first-order valence-electron chi connectivity index (χ1n) is 6.42. The Morgan fingerprint density at radius 2 is 2.05 bits per heavy atom. The van der Waals surface area contributed by atoms with Gasteiger partial charge in [0, 0.05) is 24.6 Å². The minimum absolute atomic E-state index is 0.102. The third-order valence-electron chi connectivity index (χ3n) is 3.14. The van der Waals surface area contributed by atoms with E-state index in [9.17, 15) is 18.5 Å². The average molecular weight is 321 g/mol. The highest BCUT2D eigenvalue weighted by Crippen LogP contribution is 2.26. The van der Waals surface area contributed by atoms with Crippen LogP contribution in [0.15, 0.2) is 41.4 Å². The second-order valence-corrected chi connectivity index (χ2v) is 6.81. The maximum atomic E-state index is 11.8. The second-order valence-electron chi connectivity index (χ2n) is 4.83. The summed E-state index contributed by atoms with van der Waals surface area (Å²) >= 11 is 0. The molecule has 0 aliphatic rings. The molecule has 0 unspecified atom stereocenters. The summed E-state index contributed by atoms with van der Waals surface area (Å²) in [7, 11) is -3.59. The van der Waals surface area contributed by atoms with Crippen molar-refractivity contribution in [3.63, 3.8) is 0 Å². The molecule has 1 aromatic heterocycles. The van der Waals surface area contributed by atoms with Crippen molar-refractivity contribution in [2.45, 2.75) is 18.4 Å². The van der Waals surface area contributed by atoms with Crippen LogP contribution in [0.3, 0.4) is 0 Å². The number of aromatic nitrogens is 1. The molecule has 0 spiro atoms. The number of rotatable bonds is 5. The fourth-order valence-electron chi connectivity index (χ4n) is 1.96. The van der Waals surface area contributed by atoms with Crippen LogP contribution in [0.5, 0.6) is 0 Å². The first-order valence-corrected chi connectivity index (χ1v) is 8.31. The van der Waals surface area contributed by atoms with Crippen LogP contribution >= 0.6 is 0 Å². The highest BCUT2D eigenvalue weighted by Gasteiger charge is 2.18. The summed E-state index contributed by atoms with van der Waals surface area (Å²) in [4.78, 5) is 14.3. The second kappa shape index (κ2) is 6.10. The van der Waals surface area contributed by atoms with Crippen LogP contribution in [0.4, 0.5) is 11.4 Å². The molecule has 0 saturated carbocycles. The number of nitro groups is 1. The molecule has 0 atom stereocenters. The van der Waals surface area contributed by atoms with Gasteiger partial charge in [-0.25, -0.2) is 8.42 Å². The van der Waals surface area contributed by atoms with Crippen LogP contribution in [-0.4, -0.2) is 24.6 Å². The highest BCUT2D eigenvalue weighted by atomic mass is 32.2. The minimum Gasteiger partial charge on any atom is -0.378 e. The Morgan fingerprint density at radius 1 is 1.32 bits per heavy atom. The fourth-order valence-corrected chi connectivity index (χ4v) is 2.83. The van der Waals surface area contributed by atoms with Gasteiger partial charge >= 0.3 is 0 Å². The molecule has 8 heteroatoms. The Balaban J connectivity index is 2.35. The lowest BCUT2D eigenvalue weighted by molar-refractivity contribution is -0.385. The third-order valence-corrected chi connectivity index (χ3v) is 4.28. The molecule has 0 amide bonds. The lowest BCUT2D eigenvalue weighted by Gasteiger charge is -2.11. The standard InChI is InChI=1S/C14H15N3O4S/c1-10-4-3-7-15-13(10)9-16-12-6-5-11(17(18)19)8-14(12)22(2,20)21/h3-8,16H,9H2,1-2H3. The maximum absolute atomic E-state index is 11.8. The van der Waals surface area contributed by atoms with Gasteiger partial charge < -0.3 is 5.32 Å². The molecule has 0 aliphatic heterocycles. The minimum atomic E-state index is -3.59. The molecule has 7 nitrogen and oxygen atoms in total. The summed E-state index contributed by atoms with van der Waals surface area (Å²) in [6, 6.07) is 7.43. The van der Waals surface area contributed by atoms with Crippen molar-refractivity contribution in [3.8, 4) is 0 Å². The molecule has 0 radical (unpaired) electrons. The molecule has 0 fully saturated rings. The highest BCUT2D eigenvalue weighted by molar-refractivity contribution is 7.90. The maximum Gasteiger partial charge on any atom is 0.270 e. The molecule has 2 aromatic rings. The Labute approximate surface area is 128 Å². The zero-order valence-electron chi connectivity index (χ0n) is 12.1. The van der Waals surface area contributed by atoms with E-state index in [2.05, 4.69) is 10.3 Å². The van der Waals surface area contributed by atoms with Gasteiger partial charge in [0.1, 0.15) is 0 Å². The van der Waals surface area contributed by atoms with E-state index in [1.165, 1.54) is 12.1 Å². The number of non-ortho nitro benzene ring substituents is 1. The lowest BCUT2D eigenvalue weighted by Crippen LogP contribution is -2.08. The zero-order valence-corrected chi connectivity index (χ0v) is 12.9. The SMILES string of the molecule is Cc1cccnc1CNc1ccc([N+](=O)[O-])cc1S(C)(=O)=O. The van der Waals surface area contributed by atoms with E-state index in [4.69, 9.17) is 0 Å². The topological polar surface area (TPSA) is 102 Å². The summed E-state index contributed by atoms with van der Waals surface area (Å²) in [6.07, 6.45) is 2.67. The number of nitrogens with one attached hydrogen (secondary N) is 1.